The molecule has 1 atom stereocenters. The van der Waals surface area contributed by atoms with Crippen LogP contribution in [0.1, 0.15) is 38.7 Å². The fourth-order valence-electron chi connectivity index (χ4n) is 2.50. The molecule has 2 rings (SSSR count). The van der Waals surface area contributed by atoms with Gasteiger partial charge in [-0.25, -0.2) is 9.97 Å². The van der Waals surface area contributed by atoms with Crippen LogP contribution in [0.3, 0.4) is 0 Å². The Hall–Kier alpha value is -1.69. The number of hydrogen-bond donors (Lipinski definition) is 2. The number of nitrogens with one attached hydrogen (secondary N) is 1. The van der Waals surface area contributed by atoms with Crippen LogP contribution < -0.4 is 5.32 Å². The van der Waals surface area contributed by atoms with E-state index in [1.54, 1.807) is 0 Å². The summed E-state index contributed by atoms with van der Waals surface area (Å²) in [7, 11) is 0. The number of hydrogen-bond acceptors (Lipinski definition) is 5. The predicted octanol–water partition coefficient (Wildman–Crippen LogP) is 2.03. The highest BCUT2D eigenvalue weighted by Gasteiger charge is 2.21. The van der Waals surface area contributed by atoms with E-state index >= 15 is 0 Å². The molecule has 118 valence electrons. The van der Waals surface area contributed by atoms with E-state index in [2.05, 4.69) is 34.0 Å². The molecule has 2 N–H and O–H groups in total. The van der Waals surface area contributed by atoms with Gasteiger partial charge in [-0.2, -0.15) is 0 Å². The van der Waals surface area contributed by atoms with Crippen LogP contribution in [0, 0.1) is 0 Å². The SMILES string of the molecule is CCCc1cnc(NC2CCN(CCC)C2)nc1.O=CO. The van der Waals surface area contributed by atoms with Crippen molar-refractivity contribution < 1.29 is 9.90 Å². The van der Waals surface area contributed by atoms with Gasteiger partial charge in [0.25, 0.3) is 6.47 Å². The standard InChI is InChI=1S/C14H24N4.CH2O2/c1-3-5-12-9-15-14(16-10-12)17-13-6-8-18(11-13)7-4-2;2-1-3/h9-10,13H,3-8,11H2,1-2H3,(H,15,16,17);1H,(H,2,3). The van der Waals surface area contributed by atoms with Crippen molar-refractivity contribution >= 4 is 12.4 Å². The molecule has 1 unspecified atom stereocenters. The minimum atomic E-state index is -0.250. The predicted molar refractivity (Wildman–Crippen MR) is 83.5 cm³/mol. The van der Waals surface area contributed by atoms with Gasteiger partial charge >= 0.3 is 0 Å². The fourth-order valence-corrected chi connectivity index (χ4v) is 2.50. The van der Waals surface area contributed by atoms with Crippen molar-refractivity contribution in [3.63, 3.8) is 0 Å². The van der Waals surface area contributed by atoms with Crippen LogP contribution in [0.2, 0.25) is 0 Å². The number of anilines is 1. The van der Waals surface area contributed by atoms with Gasteiger partial charge in [-0.3, -0.25) is 4.79 Å². The van der Waals surface area contributed by atoms with E-state index in [0.29, 0.717) is 6.04 Å². The molecule has 1 aliphatic heterocycles. The molecule has 0 aromatic carbocycles. The maximum Gasteiger partial charge on any atom is 0.290 e. The number of nitrogens with zero attached hydrogens (tertiary/aromatic N) is 3. The lowest BCUT2D eigenvalue weighted by atomic mass is 10.2. The summed E-state index contributed by atoms with van der Waals surface area (Å²) in [5.41, 5.74) is 1.22. The minimum Gasteiger partial charge on any atom is -0.483 e. The van der Waals surface area contributed by atoms with E-state index in [9.17, 15) is 0 Å². The van der Waals surface area contributed by atoms with Gasteiger partial charge in [-0.15, -0.1) is 0 Å². The largest absolute Gasteiger partial charge is 0.483 e. The maximum absolute atomic E-state index is 8.36. The highest BCUT2D eigenvalue weighted by atomic mass is 16.3. The zero-order valence-electron chi connectivity index (χ0n) is 13.0. The summed E-state index contributed by atoms with van der Waals surface area (Å²) in [5.74, 6) is 0.776. The fraction of sp³-hybridized carbons (Fsp3) is 0.667. The van der Waals surface area contributed by atoms with E-state index in [1.165, 1.54) is 31.5 Å². The average molecular weight is 294 g/mol. The van der Waals surface area contributed by atoms with Gasteiger partial charge in [-0.1, -0.05) is 20.3 Å². The summed E-state index contributed by atoms with van der Waals surface area (Å²) in [6.07, 6.45) is 8.52. The monoisotopic (exact) mass is 294 g/mol. The average Bonchev–Trinajstić information content (AvgIpc) is 2.90. The first kappa shape index (κ1) is 17.4. The summed E-state index contributed by atoms with van der Waals surface area (Å²) in [5, 5.41) is 10.3. The van der Waals surface area contributed by atoms with Crippen molar-refractivity contribution in [2.75, 3.05) is 25.0 Å². The number of aryl methyl sites for hydroxylation is 1. The Kier molecular flexibility index (Phi) is 8.35. The molecule has 1 saturated heterocycles. The third-order valence-electron chi connectivity index (χ3n) is 3.39. The van der Waals surface area contributed by atoms with Crippen LogP contribution >= 0.6 is 0 Å². The number of carbonyl (C=O) groups is 1. The van der Waals surface area contributed by atoms with Crippen molar-refractivity contribution in [2.45, 2.75) is 45.6 Å². The molecule has 2 heterocycles. The summed E-state index contributed by atoms with van der Waals surface area (Å²) in [4.78, 5) is 19.6. The van der Waals surface area contributed by atoms with Crippen LogP contribution in [-0.4, -0.2) is 52.1 Å². The molecule has 0 radical (unpaired) electrons. The molecule has 0 amide bonds. The van der Waals surface area contributed by atoms with Crippen molar-refractivity contribution in [1.29, 1.82) is 0 Å². The van der Waals surface area contributed by atoms with Crippen molar-refractivity contribution in [3.8, 4) is 0 Å². The van der Waals surface area contributed by atoms with Crippen molar-refractivity contribution in [3.05, 3.63) is 18.0 Å². The lowest BCUT2D eigenvalue weighted by Crippen LogP contribution is -2.27. The number of likely N-dealkylation sites (tertiary alicyclic amines) is 1. The van der Waals surface area contributed by atoms with Crippen LogP contribution in [-0.2, 0) is 11.2 Å². The number of carboxylic acid groups (broad SMARTS) is 1. The maximum atomic E-state index is 8.36. The first-order valence-electron chi connectivity index (χ1n) is 7.61. The second-order valence-corrected chi connectivity index (χ2v) is 5.20. The van der Waals surface area contributed by atoms with Crippen LogP contribution in [0.5, 0.6) is 0 Å². The first-order chi connectivity index (χ1) is 10.2. The van der Waals surface area contributed by atoms with E-state index in [-0.39, 0.29) is 6.47 Å². The Bertz CT molecular complexity index is 397. The number of aromatic nitrogens is 2. The molecule has 0 saturated carbocycles. The lowest BCUT2D eigenvalue weighted by Gasteiger charge is -2.15. The molecule has 0 aliphatic carbocycles. The smallest absolute Gasteiger partial charge is 0.290 e. The molecule has 6 heteroatoms. The van der Waals surface area contributed by atoms with Gasteiger partial charge in [-0.05, 0) is 31.4 Å². The molecule has 21 heavy (non-hydrogen) atoms. The van der Waals surface area contributed by atoms with Gasteiger partial charge in [0.2, 0.25) is 5.95 Å². The third kappa shape index (κ3) is 6.53. The zero-order valence-corrected chi connectivity index (χ0v) is 13.0. The van der Waals surface area contributed by atoms with E-state index < -0.39 is 0 Å². The summed E-state index contributed by atoms with van der Waals surface area (Å²) >= 11 is 0. The lowest BCUT2D eigenvalue weighted by molar-refractivity contribution is -0.122. The van der Waals surface area contributed by atoms with Gasteiger partial charge in [0.15, 0.2) is 0 Å². The Balaban J connectivity index is 0.000000677. The molecule has 0 spiro atoms. The van der Waals surface area contributed by atoms with Gasteiger partial charge < -0.3 is 15.3 Å². The Morgan fingerprint density at radius 3 is 2.62 bits per heavy atom. The molecular weight excluding hydrogens is 268 g/mol. The van der Waals surface area contributed by atoms with Crippen LogP contribution in [0.25, 0.3) is 0 Å². The Labute approximate surface area is 126 Å². The zero-order chi connectivity index (χ0) is 15.5. The normalized spacial score (nSPS) is 17.9. The second kappa shape index (κ2) is 10.1. The highest BCUT2D eigenvalue weighted by molar-refractivity contribution is 5.32. The second-order valence-electron chi connectivity index (χ2n) is 5.20. The topological polar surface area (TPSA) is 78.4 Å². The van der Waals surface area contributed by atoms with Gasteiger partial charge in [0, 0.05) is 31.5 Å². The quantitative estimate of drug-likeness (QED) is 0.782. The van der Waals surface area contributed by atoms with Crippen LogP contribution in [0.15, 0.2) is 12.4 Å². The molecule has 1 fully saturated rings. The first-order valence-corrected chi connectivity index (χ1v) is 7.61. The highest BCUT2D eigenvalue weighted by Crippen LogP contribution is 2.13. The minimum absolute atomic E-state index is 0.250. The summed E-state index contributed by atoms with van der Waals surface area (Å²) in [6, 6.07) is 0.508. The van der Waals surface area contributed by atoms with E-state index in [4.69, 9.17) is 9.90 Å². The molecule has 1 aromatic heterocycles. The molecule has 1 aliphatic rings. The Morgan fingerprint density at radius 2 is 2.05 bits per heavy atom. The molecule has 6 nitrogen and oxygen atoms in total. The van der Waals surface area contributed by atoms with Crippen molar-refractivity contribution in [1.82, 2.24) is 14.9 Å². The molecule has 1 aromatic rings. The van der Waals surface area contributed by atoms with Crippen LogP contribution in [0.4, 0.5) is 5.95 Å². The van der Waals surface area contributed by atoms with Crippen molar-refractivity contribution in [2.24, 2.45) is 0 Å². The van der Waals surface area contributed by atoms with Gasteiger partial charge in [0.05, 0.1) is 0 Å². The van der Waals surface area contributed by atoms with E-state index in [1.807, 2.05) is 12.4 Å². The molecular formula is C15H26N4O2. The summed E-state index contributed by atoms with van der Waals surface area (Å²) in [6.45, 7) is 7.67. The molecule has 0 bridgehead atoms. The Morgan fingerprint density at radius 1 is 1.38 bits per heavy atom. The number of rotatable bonds is 6. The third-order valence-corrected chi connectivity index (χ3v) is 3.39. The summed E-state index contributed by atoms with van der Waals surface area (Å²) < 4.78 is 0. The van der Waals surface area contributed by atoms with Gasteiger partial charge in [0.1, 0.15) is 0 Å². The van der Waals surface area contributed by atoms with E-state index in [0.717, 1.165) is 25.3 Å².